The van der Waals surface area contributed by atoms with Crippen molar-refractivity contribution in [3.8, 4) is 0 Å². The van der Waals surface area contributed by atoms with Gasteiger partial charge in [-0.1, -0.05) is 0 Å². The van der Waals surface area contributed by atoms with E-state index in [0.29, 0.717) is 0 Å². The molecule has 1 saturated heterocycles. The topological polar surface area (TPSA) is 87.1 Å². The molecule has 1 fully saturated rings. The summed E-state index contributed by atoms with van der Waals surface area (Å²) in [6, 6.07) is -1.57. The molecule has 0 bridgehead atoms. The van der Waals surface area contributed by atoms with Gasteiger partial charge in [-0.05, 0) is 27.7 Å². The summed E-state index contributed by atoms with van der Waals surface area (Å²) >= 11 is 0. The number of hydrogen-bond acceptors (Lipinski definition) is 4. The number of nitrogens with zero attached hydrogens (tertiary/aromatic N) is 1. The molecule has 2 N–H and O–H groups in total. The number of aliphatic carboxylic acids is 1. The fourth-order valence-corrected chi connectivity index (χ4v) is 1.84. The van der Waals surface area contributed by atoms with Crippen LogP contribution < -0.4 is 0 Å². The molecular formula is C11H19NO5. The zero-order chi connectivity index (χ0) is 13.4. The molecule has 0 radical (unpaired) electrons. The highest BCUT2D eigenvalue weighted by molar-refractivity contribution is 5.81. The normalized spacial score (nSPS) is 29.2. The second kappa shape index (κ2) is 4.52. The molecule has 1 rings (SSSR count). The Bertz CT molecular complexity index is 322. The van der Waals surface area contributed by atoms with Crippen molar-refractivity contribution in [1.29, 1.82) is 0 Å². The van der Waals surface area contributed by atoms with E-state index >= 15 is 0 Å². The summed E-state index contributed by atoms with van der Waals surface area (Å²) in [5.41, 5.74) is -0.687. The lowest BCUT2D eigenvalue weighted by Gasteiger charge is -2.29. The van der Waals surface area contributed by atoms with E-state index in [2.05, 4.69) is 0 Å². The fraction of sp³-hybridized carbons (Fsp3) is 0.818. The fourth-order valence-electron chi connectivity index (χ4n) is 1.84. The standard InChI is InChI=1S/C11H19NO5/c1-6-8(13)5-7(9(14)15)12(6)10(16)17-11(2,3)4/h6-8,13H,5H2,1-4H3,(H,14,15)/t6-,7-,8?/m0/s1. The molecule has 0 spiro atoms. The molecule has 6 nitrogen and oxygen atoms in total. The molecule has 1 aliphatic rings. The van der Waals surface area contributed by atoms with Crippen LogP contribution in [0.5, 0.6) is 0 Å². The number of carbonyl (C=O) groups excluding carboxylic acids is 1. The molecule has 1 unspecified atom stereocenters. The van der Waals surface area contributed by atoms with Gasteiger partial charge in [-0.2, -0.15) is 0 Å². The lowest BCUT2D eigenvalue weighted by atomic mass is 10.1. The quantitative estimate of drug-likeness (QED) is 0.714. The molecule has 1 heterocycles. The highest BCUT2D eigenvalue weighted by atomic mass is 16.6. The van der Waals surface area contributed by atoms with Crippen molar-refractivity contribution in [3.63, 3.8) is 0 Å². The van der Waals surface area contributed by atoms with E-state index in [1.54, 1.807) is 27.7 Å². The molecule has 0 aromatic rings. The minimum absolute atomic E-state index is 0.0374. The van der Waals surface area contributed by atoms with Crippen LogP contribution in [0.3, 0.4) is 0 Å². The molecule has 3 atom stereocenters. The predicted octanol–water partition coefficient (Wildman–Crippen LogP) is 0.830. The van der Waals surface area contributed by atoms with Crippen LogP contribution in [-0.2, 0) is 9.53 Å². The summed E-state index contributed by atoms with van der Waals surface area (Å²) < 4.78 is 5.13. The van der Waals surface area contributed by atoms with Gasteiger partial charge < -0.3 is 14.9 Å². The first-order valence-corrected chi connectivity index (χ1v) is 5.55. The maximum absolute atomic E-state index is 11.9. The van der Waals surface area contributed by atoms with Crippen molar-refractivity contribution < 1.29 is 24.5 Å². The first-order chi connectivity index (χ1) is 7.63. The van der Waals surface area contributed by atoms with Gasteiger partial charge in [-0.15, -0.1) is 0 Å². The van der Waals surface area contributed by atoms with E-state index in [0.717, 1.165) is 4.90 Å². The van der Waals surface area contributed by atoms with Crippen molar-refractivity contribution in [2.75, 3.05) is 0 Å². The molecule has 0 saturated carbocycles. The number of carbonyl (C=O) groups is 2. The van der Waals surface area contributed by atoms with E-state index in [1.165, 1.54) is 0 Å². The summed E-state index contributed by atoms with van der Waals surface area (Å²) in [7, 11) is 0. The SMILES string of the molecule is C[C@H]1C(O)C[C@@H](C(=O)O)N1C(=O)OC(C)(C)C. The second-order valence-electron chi connectivity index (χ2n) is 5.29. The second-order valence-corrected chi connectivity index (χ2v) is 5.29. The third-order valence-corrected chi connectivity index (χ3v) is 2.69. The van der Waals surface area contributed by atoms with Crippen LogP contribution in [0.1, 0.15) is 34.1 Å². The summed E-state index contributed by atoms with van der Waals surface area (Å²) in [4.78, 5) is 24.0. The first kappa shape index (κ1) is 13.8. The van der Waals surface area contributed by atoms with E-state index < -0.39 is 35.9 Å². The van der Waals surface area contributed by atoms with Crippen molar-refractivity contribution in [2.24, 2.45) is 0 Å². The Hall–Kier alpha value is -1.30. The average molecular weight is 245 g/mol. The van der Waals surface area contributed by atoms with E-state index in [4.69, 9.17) is 9.84 Å². The molecule has 0 aliphatic carbocycles. The number of aliphatic hydroxyl groups is 1. The number of hydrogen-bond donors (Lipinski definition) is 2. The average Bonchev–Trinajstić information content (AvgIpc) is 2.40. The van der Waals surface area contributed by atoms with Gasteiger partial charge in [0, 0.05) is 6.42 Å². The van der Waals surface area contributed by atoms with Crippen LogP contribution in [-0.4, -0.2) is 51.0 Å². The molecule has 0 aromatic carbocycles. The lowest BCUT2D eigenvalue weighted by Crippen LogP contribution is -2.47. The summed E-state index contributed by atoms with van der Waals surface area (Å²) in [5.74, 6) is -1.13. The highest BCUT2D eigenvalue weighted by Crippen LogP contribution is 2.26. The van der Waals surface area contributed by atoms with E-state index in [9.17, 15) is 14.7 Å². The van der Waals surface area contributed by atoms with Crippen LogP contribution in [0.15, 0.2) is 0 Å². The Morgan fingerprint density at radius 3 is 2.29 bits per heavy atom. The van der Waals surface area contributed by atoms with Gasteiger partial charge in [-0.3, -0.25) is 4.90 Å². The number of ether oxygens (including phenoxy) is 1. The zero-order valence-electron chi connectivity index (χ0n) is 10.5. The molecule has 1 aliphatic heterocycles. The Balaban J connectivity index is 2.85. The Labute approximate surface area is 100 Å². The predicted molar refractivity (Wildman–Crippen MR) is 59.6 cm³/mol. The molecule has 98 valence electrons. The molecule has 1 amide bonds. The molecule has 0 aromatic heterocycles. The molecule has 6 heteroatoms. The largest absolute Gasteiger partial charge is 0.480 e. The first-order valence-electron chi connectivity index (χ1n) is 5.55. The van der Waals surface area contributed by atoms with Gasteiger partial charge in [0.1, 0.15) is 11.6 Å². The number of aliphatic hydroxyl groups excluding tert-OH is 1. The van der Waals surface area contributed by atoms with Crippen LogP contribution in [0.25, 0.3) is 0 Å². The molecular weight excluding hydrogens is 226 g/mol. The third kappa shape index (κ3) is 3.09. The Morgan fingerprint density at radius 2 is 1.88 bits per heavy atom. The zero-order valence-corrected chi connectivity index (χ0v) is 10.5. The highest BCUT2D eigenvalue weighted by Gasteiger charge is 2.45. The maximum Gasteiger partial charge on any atom is 0.411 e. The number of carboxylic acid groups (broad SMARTS) is 1. The van der Waals surface area contributed by atoms with Crippen LogP contribution in [0.4, 0.5) is 4.79 Å². The van der Waals surface area contributed by atoms with Crippen LogP contribution in [0, 0.1) is 0 Å². The van der Waals surface area contributed by atoms with E-state index in [-0.39, 0.29) is 6.42 Å². The minimum Gasteiger partial charge on any atom is -0.480 e. The van der Waals surface area contributed by atoms with Gasteiger partial charge in [0.15, 0.2) is 0 Å². The monoisotopic (exact) mass is 245 g/mol. The lowest BCUT2D eigenvalue weighted by molar-refractivity contribution is -0.142. The Morgan fingerprint density at radius 1 is 1.35 bits per heavy atom. The van der Waals surface area contributed by atoms with E-state index in [1.807, 2.05) is 0 Å². The van der Waals surface area contributed by atoms with Gasteiger partial charge in [0.2, 0.25) is 0 Å². The van der Waals surface area contributed by atoms with Gasteiger partial charge in [0.05, 0.1) is 12.1 Å². The number of amides is 1. The smallest absolute Gasteiger partial charge is 0.411 e. The number of carboxylic acids is 1. The Kier molecular flexibility index (Phi) is 3.66. The number of likely N-dealkylation sites (tertiary alicyclic amines) is 1. The minimum atomic E-state index is -1.13. The van der Waals surface area contributed by atoms with Crippen molar-refractivity contribution in [2.45, 2.75) is 57.9 Å². The van der Waals surface area contributed by atoms with Gasteiger partial charge in [0.25, 0.3) is 0 Å². The molecule has 17 heavy (non-hydrogen) atoms. The number of rotatable bonds is 1. The third-order valence-electron chi connectivity index (χ3n) is 2.69. The van der Waals surface area contributed by atoms with Gasteiger partial charge >= 0.3 is 12.1 Å². The van der Waals surface area contributed by atoms with Crippen molar-refractivity contribution in [1.82, 2.24) is 4.90 Å². The van der Waals surface area contributed by atoms with Crippen LogP contribution >= 0.6 is 0 Å². The van der Waals surface area contributed by atoms with Crippen molar-refractivity contribution >= 4 is 12.1 Å². The van der Waals surface area contributed by atoms with Gasteiger partial charge in [-0.25, -0.2) is 9.59 Å². The summed E-state index contributed by atoms with van der Waals surface area (Å²) in [6.07, 6.45) is -1.49. The summed E-state index contributed by atoms with van der Waals surface area (Å²) in [5, 5.41) is 18.6. The van der Waals surface area contributed by atoms with Crippen molar-refractivity contribution in [3.05, 3.63) is 0 Å². The van der Waals surface area contributed by atoms with Crippen LogP contribution in [0.2, 0.25) is 0 Å². The summed E-state index contributed by atoms with van der Waals surface area (Å²) in [6.45, 7) is 6.73. The maximum atomic E-state index is 11.9.